The Morgan fingerprint density at radius 2 is 1.37 bits per heavy atom. The molecule has 4 heteroatoms. The number of nitrogens with zero attached hydrogens (tertiary/aromatic N) is 2. The molecule has 0 aliphatic heterocycles. The predicted octanol–water partition coefficient (Wildman–Crippen LogP) is 9.28. The fraction of sp³-hybridized carbons (Fsp3) is 0.119. The standard InChI is InChI=1S/C42H36N4/c1-42(2)36-19-11-9-17-32(36)34-25-26-35-33-18-10-12-20-37(33)46(39(35)38(34)42)31-23-21-28(22-24-31)27-44-41(30-15-7-4-8-16-30)45-40(43)29-13-5-3-6-14-29/h3-26,40H,27,43H2,1-2H3,(H,44,45). The molecule has 0 amide bonds. The van der Waals surface area contributed by atoms with Crippen LogP contribution in [0, 0.1) is 0 Å². The Morgan fingerprint density at radius 3 is 2.15 bits per heavy atom. The number of hydrogen-bond donors (Lipinski definition) is 2. The van der Waals surface area contributed by atoms with Gasteiger partial charge in [0.15, 0.2) is 0 Å². The van der Waals surface area contributed by atoms with E-state index >= 15 is 0 Å². The number of aliphatic imine (C=N–C) groups is 1. The molecule has 3 N–H and O–H groups in total. The van der Waals surface area contributed by atoms with Gasteiger partial charge in [0.05, 0.1) is 17.6 Å². The van der Waals surface area contributed by atoms with E-state index in [2.05, 4.69) is 121 Å². The first kappa shape index (κ1) is 28.1. The maximum atomic E-state index is 6.56. The van der Waals surface area contributed by atoms with Gasteiger partial charge in [0, 0.05) is 27.4 Å². The molecule has 1 aromatic heterocycles. The highest BCUT2D eigenvalue weighted by Crippen LogP contribution is 2.52. The number of hydrogen-bond acceptors (Lipinski definition) is 2. The van der Waals surface area contributed by atoms with Crippen LogP contribution in [0.2, 0.25) is 0 Å². The lowest BCUT2D eigenvalue weighted by molar-refractivity contribution is 0.664. The van der Waals surface area contributed by atoms with Crippen molar-refractivity contribution in [1.82, 2.24) is 9.88 Å². The summed E-state index contributed by atoms with van der Waals surface area (Å²) in [6.07, 6.45) is -0.366. The number of rotatable bonds is 6. The van der Waals surface area contributed by atoms with Crippen LogP contribution in [0.25, 0.3) is 38.6 Å². The smallest absolute Gasteiger partial charge is 0.130 e. The summed E-state index contributed by atoms with van der Waals surface area (Å²) < 4.78 is 2.46. The van der Waals surface area contributed by atoms with Gasteiger partial charge in [-0.15, -0.1) is 0 Å². The van der Waals surface area contributed by atoms with E-state index in [-0.39, 0.29) is 11.6 Å². The number of nitrogens with two attached hydrogens (primary N) is 1. The van der Waals surface area contributed by atoms with Crippen molar-refractivity contribution in [2.75, 3.05) is 0 Å². The van der Waals surface area contributed by atoms with Crippen molar-refractivity contribution in [3.8, 4) is 16.8 Å². The Morgan fingerprint density at radius 1 is 0.696 bits per heavy atom. The van der Waals surface area contributed by atoms with E-state index < -0.39 is 0 Å². The van der Waals surface area contributed by atoms with Crippen LogP contribution in [-0.4, -0.2) is 10.4 Å². The first-order valence-corrected chi connectivity index (χ1v) is 15.9. The Labute approximate surface area is 269 Å². The van der Waals surface area contributed by atoms with E-state index in [0.717, 1.165) is 28.2 Å². The van der Waals surface area contributed by atoms with E-state index in [9.17, 15) is 0 Å². The minimum Gasteiger partial charge on any atom is -0.351 e. The van der Waals surface area contributed by atoms with Gasteiger partial charge in [-0.2, -0.15) is 0 Å². The summed E-state index contributed by atoms with van der Waals surface area (Å²) in [5, 5.41) is 6.02. The second-order valence-corrected chi connectivity index (χ2v) is 12.6. The summed E-state index contributed by atoms with van der Waals surface area (Å²) in [6.45, 7) is 5.26. The van der Waals surface area contributed by atoms with Gasteiger partial charge in [-0.1, -0.05) is 141 Å². The zero-order chi connectivity index (χ0) is 31.3. The highest BCUT2D eigenvalue weighted by molar-refractivity contribution is 6.13. The molecule has 4 nitrogen and oxygen atoms in total. The maximum absolute atomic E-state index is 6.56. The normalized spacial score (nSPS) is 14.3. The zero-order valence-corrected chi connectivity index (χ0v) is 26.1. The van der Waals surface area contributed by atoms with Crippen LogP contribution in [0.1, 0.15) is 47.8 Å². The van der Waals surface area contributed by atoms with Crippen LogP contribution in [0.3, 0.4) is 0 Å². The van der Waals surface area contributed by atoms with Crippen LogP contribution in [0.5, 0.6) is 0 Å². The predicted molar refractivity (Wildman–Crippen MR) is 192 cm³/mol. The number of para-hydroxylation sites is 1. The van der Waals surface area contributed by atoms with Crippen LogP contribution in [0.15, 0.2) is 151 Å². The third-order valence-corrected chi connectivity index (χ3v) is 9.46. The lowest BCUT2D eigenvalue weighted by Crippen LogP contribution is -2.34. The summed E-state index contributed by atoms with van der Waals surface area (Å²) in [4.78, 5) is 5.03. The largest absolute Gasteiger partial charge is 0.351 e. The molecule has 0 saturated carbocycles. The zero-order valence-electron chi connectivity index (χ0n) is 26.1. The van der Waals surface area contributed by atoms with Crippen molar-refractivity contribution in [2.45, 2.75) is 32.0 Å². The number of aromatic nitrogens is 1. The Balaban J connectivity index is 1.19. The summed E-state index contributed by atoms with van der Waals surface area (Å²) in [6, 6.07) is 51.4. The Bertz CT molecular complexity index is 2230. The Kier molecular flexibility index (Phi) is 6.81. The fourth-order valence-electron chi connectivity index (χ4n) is 7.21. The quantitative estimate of drug-likeness (QED) is 0.114. The van der Waals surface area contributed by atoms with Crippen molar-refractivity contribution in [3.05, 3.63) is 173 Å². The third kappa shape index (κ3) is 4.61. The van der Waals surface area contributed by atoms with Gasteiger partial charge in [-0.25, -0.2) is 0 Å². The highest BCUT2D eigenvalue weighted by atomic mass is 15.1. The summed E-state index contributed by atoms with van der Waals surface area (Å²) in [7, 11) is 0. The molecule has 6 aromatic carbocycles. The highest BCUT2D eigenvalue weighted by Gasteiger charge is 2.38. The van der Waals surface area contributed by atoms with Gasteiger partial charge in [0.2, 0.25) is 0 Å². The molecule has 7 aromatic rings. The lowest BCUT2D eigenvalue weighted by Gasteiger charge is -2.23. The Hall–Kier alpha value is -5.45. The van der Waals surface area contributed by atoms with Crippen LogP contribution >= 0.6 is 0 Å². The minimum atomic E-state index is -0.366. The minimum absolute atomic E-state index is 0.117. The molecule has 1 aliphatic carbocycles. The van der Waals surface area contributed by atoms with Crippen LogP contribution in [0.4, 0.5) is 0 Å². The molecular weight excluding hydrogens is 560 g/mol. The average molecular weight is 597 g/mol. The first-order valence-electron chi connectivity index (χ1n) is 15.9. The van der Waals surface area contributed by atoms with Gasteiger partial charge in [-0.05, 0) is 51.6 Å². The number of benzene rings is 6. The van der Waals surface area contributed by atoms with Gasteiger partial charge in [0.25, 0.3) is 0 Å². The average Bonchev–Trinajstić information content (AvgIpc) is 3.56. The van der Waals surface area contributed by atoms with E-state index in [1.54, 1.807) is 0 Å². The molecule has 1 atom stereocenters. The van der Waals surface area contributed by atoms with Gasteiger partial charge >= 0.3 is 0 Å². The summed E-state index contributed by atoms with van der Waals surface area (Å²) in [5.74, 6) is 0.779. The molecule has 0 spiro atoms. The molecule has 1 unspecified atom stereocenters. The third-order valence-electron chi connectivity index (χ3n) is 9.46. The van der Waals surface area contributed by atoms with E-state index in [0.29, 0.717) is 6.54 Å². The van der Waals surface area contributed by atoms with E-state index in [1.165, 1.54) is 44.1 Å². The molecule has 1 heterocycles. The second-order valence-electron chi connectivity index (χ2n) is 12.6. The van der Waals surface area contributed by atoms with Crippen LogP contribution in [-0.2, 0) is 12.0 Å². The van der Waals surface area contributed by atoms with Crippen molar-refractivity contribution in [3.63, 3.8) is 0 Å². The van der Waals surface area contributed by atoms with Crippen molar-refractivity contribution in [2.24, 2.45) is 10.7 Å². The topological polar surface area (TPSA) is 55.3 Å². The molecule has 0 saturated heterocycles. The maximum Gasteiger partial charge on any atom is 0.130 e. The van der Waals surface area contributed by atoms with E-state index in [1.807, 2.05) is 48.5 Å². The molecule has 0 bridgehead atoms. The van der Waals surface area contributed by atoms with Gasteiger partial charge < -0.3 is 15.6 Å². The number of nitrogens with one attached hydrogen (secondary N) is 1. The van der Waals surface area contributed by atoms with Gasteiger partial charge in [0.1, 0.15) is 12.0 Å². The molecule has 0 fully saturated rings. The number of fused-ring (bicyclic) bond motifs is 7. The van der Waals surface area contributed by atoms with Crippen molar-refractivity contribution >= 4 is 27.6 Å². The molecule has 8 rings (SSSR count). The molecular formula is C42H36N4. The van der Waals surface area contributed by atoms with Crippen molar-refractivity contribution < 1.29 is 0 Å². The first-order chi connectivity index (χ1) is 22.5. The molecule has 0 radical (unpaired) electrons. The van der Waals surface area contributed by atoms with Gasteiger partial charge in [-0.3, -0.25) is 4.99 Å². The van der Waals surface area contributed by atoms with E-state index in [4.69, 9.17) is 10.7 Å². The molecule has 1 aliphatic rings. The molecule has 46 heavy (non-hydrogen) atoms. The summed E-state index contributed by atoms with van der Waals surface area (Å²) >= 11 is 0. The lowest BCUT2D eigenvalue weighted by atomic mass is 9.81. The van der Waals surface area contributed by atoms with Crippen LogP contribution < -0.4 is 11.1 Å². The monoisotopic (exact) mass is 596 g/mol. The SMILES string of the molecule is CC1(C)c2ccccc2-c2ccc3c4ccccc4n(-c4ccc(CN=C(NC(N)c5ccccc5)c5ccccc5)cc4)c3c21. The summed E-state index contributed by atoms with van der Waals surface area (Å²) in [5.41, 5.74) is 18.7. The number of amidine groups is 1. The molecule has 224 valence electrons. The fourth-order valence-corrected chi connectivity index (χ4v) is 7.21. The second kappa shape index (κ2) is 11.2. The van der Waals surface area contributed by atoms with Crippen molar-refractivity contribution in [1.29, 1.82) is 0 Å².